The molecule has 0 radical (unpaired) electrons. The number of aromatic nitrogens is 4. The maximum atomic E-state index is 4.40. The fourth-order valence-corrected chi connectivity index (χ4v) is 1.06. The fraction of sp³-hybridized carbons (Fsp3) is 0.444. The van der Waals surface area contributed by atoms with Crippen LogP contribution in [0.3, 0.4) is 0 Å². The van der Waals surface area contributed by atoms with E-state index in [1.807, 2.05) is 6.07 Å². The van der Waals surface area contributed by atoms with Crippen molar-refractivity contribution in [1.82, 2.24) is 19.6 Å². The molecule has 0 N–H and O–H groups in total. The predicted molar refractivity (Wildman–Crippen MR) is 49.5 cm³/mol. The van der Waals surface area contributed by atoms with Gasteiger partial charge in [0.1, 0.15) is 6.33 Å². The molecule has 0 unspecified atom stereocenters. The Morgan fingerprint density at radius 2 is 2.08 bits per heavy atom. The maximum Gasteiger partial charge on any atom is 0.158 e. The number of nitrogens with zero attached hydrogens (tertiary/aromatic N) is 4. The van der Waals surface area contributed by atoms with Crippen molar-refractivity contribution < 1.29 is 0 Å². The van der Waals surface area contributed by atoms with Crippen LogP contribution in [-0.4, -0.2) is 19.6 Å². The van der Waals surface area contributed by atoms with Gasteiger partial charge in [0, 0.05) is 17.7 Å². The SMILES string of the molecule is CC(C)(C)c1nc2ccncn2n1. The second-order valence-corrected chi connectivity index (χ2v) is 4.07. The quantitative estimate of drug-likeness (QED) is 0.609. The molecule has 0 aliphatic carbocycles. The zero-order chi connectivity index (χ0) is 9.47. The largest absolute Gasteiger partial charge is 0.245 e. The van der Waals surface area contributed by atoms with Crippen molar-refractivity contribution >= 4 is 5.65 Å². The summed E-state index contributed by atoms with van der Waals surface area (Å²) in [5.74, 6) is 0.848. The molecule has 0 fully saturated rings. The molecule has 2 aromatic heterocycles. The highest BCUT2D eigenvalue weighted by atomic mass is 15.3. The highest BCUT2D eigenvalue weighted by Crippen LogP contribution is 2.18. The second-order valence-electron chi connectivity index (χ2n) is 4.07. The standard InChI is InChI=1S/C9H12N4/c1-9(2,3)8-11-7-4-5-10-6-13(7)12-8/h4-6H,1-3H3. The van der Waals surface area contributed by atoms with E-state index in [0.717, 1.165) is 11.5 Å². The fourth-order valence-electron chi connectivity index (χ4n) is 1.06. The average molecular weight is 176 g/mol. The van der Waals surface area contributed by atoms with Crippen LogP contribution in [0.1, 0.15) is 26.6 Å². The Kier molecular flexibility index (Phi) is 1.58. The van der Waals surface area contributed by atoms with Crippen molar-refractivity contribution in [2.45, 2.75) is 26.2 Å². The van der Waals surface area contributed by atoms with Crippen LogP contribution in [0.2, 0.25) is 0 Å². The summed E-state index contributed by atoms with van der Waals surface area (Å²) in [5.41, 5.74) is 0.839. The number of fused-ring (bicyclic) bond motifs is 1. The number of hydrogen-bond acceptors (Lipinski definition) is 3. The summed E-state index contributed by atoms with van der Waals surface area (Å²) in [6.07, 6.45) is 3.38. The van der Waals surface area contributed by atoms with E-state index in [0.29, 0.717) is 0 Å². The van der Waals surface area contributed by atoms with Gasteiger partial charge in [-0.25, -0.2) is 14.5 Å². The van der Waals surface area contributed by atoms with Gasteiger partial charge in [-0.2, -0.15) is 0 Å². The van der Waals surface area contributed by atoms with E-state index in [1.54, 1.807) is 17.0 Å². The minimum Gasteiger partial charge on any atom is -0.245 e. The van der Waals surface area contributed by atoms with Crippen LogP contribution in [0.4, 0.5) is 0 Å². The van der Waals surface area contributed by atoms with Crippen molar-refractivity contribution in [3.63, 3.8) is 0 Å². The molecule has 0 amide bonds. The van der Waals surface area contributed by atoms with Gasteiger partial charge < -0.3 is 0 Å². The maximum absolute atomic E-state index is 4.40. The Hall–Kier alpha value is -1.45. The second kappa shape index (κ2) is 2.52. The zero-order valence-electron chi connectivity index (χ0n) is 8.02. The lowest BCUT2D eigenvalue weighted by molar-refractivity contribution is 0.545. The van der Waals surface area contributed by atoms with Crippen molar-refractivity contribution in [3.8, 4) is 0 Å². The van der Waals surface area contributed by atoms with E-state index in [1.165, 1.54) is 0 Å². The molecule has 2 rings (SSSR count). The molecule has 4 nitrogen and oxygen atoms in total. The highest BCUT2D eigenvalue weighted by molar-refractivity contribution is 5.35. The lowest BCUT2D eigenvalue weighted by atomic mass is 9.96. The zero-order valence-corrected chi connectivity index (χ0v) is 8.02. The van der Waals surface area contributed by atoms with Crippen molar-refractivity contribution in [2.24, 2.45) is 0 Å². The van der Waals surface area contributed by atoms with Gasteiger partial charge in [0.2, 0.25) is 0 Å². The van der Waals surface area contributed by atoms with Gasteiger partial charge in [0.25, 0.3) is 0 Å². The lowest BCUT2D eigenvalue weighted by Gasteiger charge is -2.11. The minimum absolute atomic E-state index is 0.00792. The Morgan fingerprint density at radius 1 is 1.31 bits per heavy atom. The van der Waals surface area contributed by atoms with Crippen LogP contribution in [0, 0.1) is 0 Å². The van der Waals surface area contributed by atoms with Crippen molar-refractivity contribution in [1.29, 1.82) is 0 Å². The third-order valence-electron chi connectivity index (χ3n) is 1.81. The Bertz CT molecular complexity index is 391. The Morgan fingerprint density at radius 3 is 2.69 bits per heavy atom. The molecule has 0 bridgehead atoms. The van der Waals surface area contributed by atoms with Gasteiger partial charge in [0.15, 0.2) is 11.5 Å². The predicted octanol–water partition coefficient (Wildman–Crippen LogP) is 1.42. The molecule has 0 aliphatic heterocycles. The molecule has 4 heteroatoms. The average Bonchev–Trinajstić information content (AvgIpc) is 2.45. The summed E-state index contributed by atoms with van der Waals surface area (Å²) in [4.78, 5) is 8.36. The van der Waals surface area contributed by atoms with E-state index in [9.17, 15) is 0 Å². The third kappa shape index (κ3) is 1.39. The summed E-state index contributed by atoms with van der Waals surface area (Å²) in [5, 5.41) is 4.33. The van der Waals surface area contributed by atoms with Gasteiger partial charge in [0.05, 0.1) is 0 Å². The van der Waals surface area contributed by atoms with Crippen LogP contribution >= 0.6 is 0 Å². The highest BCUT2D eigenvalue weighted by Gasteiger charge is 2.19. The Labute approximate surface area is 76.6 Å². The van der Waals surface area contributed by atoms with Crippen LogP contribution in [0.25, 0.3) is 5.65 Å². The molecule has 0 saturated carbocycles. The van der Waals surface area contributed by atoms with Crippen LogP contribution < -0.4 is 0 Å². The molecule has 2 aromatic rings. The van der Waals surface area contributed by atoms with E-state index >= 15 is 0 Å². The molecule has 0 atom stereocenters. The smallest absolute Gasteiger partial charge is 0.158 e. The molecule has 0 spiro atoms. The van der Waals surface area contributed by atoms with Gasteiger partial charge in [-0.3, -0.25) is 0 Å². The monoisotopic (exact) mass is 176 g/mol. The minimum atomic E-state index is -0.00792. The van der Waals surface area contributed by atoms with Gasteiger partial charge >= 0.3 is 0 Å². The molecule has 13 heavy (non-hydrogen) atoms. The molecule has 2 heterocycles. The lowest BCUT2D eigenvalue weighted by Crippen LogP contribution is -2.13. The van der Waals surface area contributed by atoms with Crippen LogP contribution in [-0.2, 0) is 5.41 Å². The first-order valence-corrected chi connectivity index (χ1v) is 4.24. The van der Waals surface area contributed by atoms with Gasteiger partial charge in [-0.1, -0.05) is 20.8 Å². The van der Waals surface area contributed by atoms with Crippen LogP contribution in [0.15, 0.2) is 18.6 Å². The summed E-state index contributed by atoms with van der Waals surface area (Å²) >= 11 is 0. The van der Waals surface area contributed by atoms with Crippen molar-refractivity contribution in [2.75, 3.05) is 0 Å². The van der Waals surface area contributed by atoms with Crippen LogP contribution in [0.5, 0.6) is 0 Å². The first-order valence-electron chi connectivity index (χ1n) is 4.24. The summed E-state index contributed by atoms with van der Waals surface area (Å²) in [6.45, 7) is 6.28. The molecule has 68 valence electrons. The van der Waals surface area contributed by atoms with Gasteiger partial charge in [-0.15, -0.1) is 5.10 Å². The summed E-state index contributed by atoms with van der Waals surface area (Å²) in [6, 6.07) is 1.85. The van der Waals surface area contributed by atoms with Crippen molar-refractivity contribution in [3.05, 3.63) is 24.4 Å². The van der Waals surface area contributed by atoms with E-state index < -0.39 is 0 Å². The first kappa shape index (κ1) is 8.16. The summed E-state index contributed by atoms with van der Waals surface area (Å²) < 4.78 is 1.70. The topological polar surface area (TPSA) is 43.1 Å². The number of hydrogen-bond donors (Lipinski definition) is 0. The first-order chi connectivity index (χ1) is 6.07. The van der Waals surface area contributed by atoms with Gasteiger partial charge in [-0.05, 0) is 0 Å². The molecular weight excluding hydrogens is 164 g/mol. The molecular formula is C9H12N4. The van der Waals surface area contributed by atoms with E-state index in [2.05, 4.69) is 35.8 Å². The molecule has 0 aromatic carbocycles. The molecule has 0 aliphatic rings. The summed E-state index contributed by atoms with van der Waals surface area (Å²) in [7, 11) is 0. The third-order valence-corrected chi connectivity index (χ3v) is 1.81. The number of rotatable bonds is 0. The van der Waals surface area contributed by atoms with E-state index in [4.69, 9.17) is 0 Å². The van der Waals surface area contributed by atoms with E-state index in [-0.39, 0.29) is 5.41 Å². The Balaban J connectivity index is 2.63. The molecule has 0 saturated heterocycles. The normalized spacial score (nSPS) is 12.2.